The zero-order valence-corrected chi connectivity index (χ0v) is 11.2. The van der Waals surface area contributed by atoms with Gasteiger partial charge in [-0.3, -0.25) is 0 Å². The van der Waals surface area contributed by atoms with E-state index in [1.165, 1.54) is 7.11 Å². The first-order valence-corrected chi connectivity index (χ1v) is 6.53. The second-order valence-corrected chi connectivity index (χ2v) is 4.77. The van der Waals surface area contributed by atoms with Gasteiger partial charge in [-0.2, -0.15) is 0 Å². The van der Waals surface area contributed by atoms with Gasteiger partial charge in [0.15, 0.2) is 0 Å². The number of esters is 1. The lowest BCUT2D eigenvalue weighted by molar-refractivity contribution is -0.0593. The van der Waals surface area contributed by atoms with Gasteiger partial charge in [-0.15, -0.1) is 0 Å². The van der Waals surface area contributed by atoms with E-state index in [-0.39, 0.29) is 18.7 Å². The molecule has 1 saturated heterocycles. The first-order chi connectivity index (χ1) is 9.72. The van der Waals surface area contributed by atoms with Crippen molar-refractivity contribution in [1.29, 1.82) is 0 Å². The van der Waals surface area contributed by atoms with Crippen LogP contribution in [-0.4, -0.2) is 40.4 Å². The summed E-state index contributed by atoms with van der Waals surface area (Å²) in [5.41, 5.74) is 2.04. The van der Waals surface area contributed by atoms with Gasteiger partial charge < -0.3 is 19.1 Å². The van der Waals surface area contributed by atoms with Gasteiger partial charge in [0.2, 0.25) is 0 Å². The fourth-order valence-corrected chi connectivity index (χ4v) is 2.37. The van der Waals surface area contributed by atoms with E-state index in [2.05, 4.69) is 4.98 Å². The minimum absolute atomic E-state index is 0.144. The zero-order valence-electron chi connectivity index (χ0n) is 11.2. The van der Waals surface area contributed by atoms with Crippen molar-refractivity contribution in [2.75, 3.05) is 13.7 Å². The Hall–Kier alpha value is -1.92. The van der Waals surface area contributed by atoms with Gasteiger partial charge in [-0.25, -0.2) is 9.78 Å². The molecular weight excluding hydrogens is 260 g/mol. The summed E-state index contributed by atoms with van der Waals surface area (Å²) in [6.45, 7) is 1.27. The van der Waals surface area contributed by atoms with Crippen molar-refractivity contribution in [2.24, 2.45) is 0 Å². The predicted octanol–water partition coefficient (Wildman–Crippen LogP) is 1.10. The number of aliphatic hydroxyl groups is 1. The van der Waals surface area contributed by atoms with Gasteiger partial charge in [-0.05, 0) is 24.6 Å². The van der Waals surface area contributed by atoms with E-state index in [1.807, 2.05) is 4.57 Å². The summed E-state index contributed by atoms with van der Waals surface area (Å²) >= 11 is 0. The fraction of sp³-hybridized carbons (Fsp3) is 0.429. The maximum atomic E-state index is 11.6. The smallest absolute Gasteiger partial charge is 0.337 e. The molecule has 0 saturated carbocycles. The van der Waals surface area contributed by atoms with E-state index < -0.39 is 0 Å². The summed E-state index contributed by atoms with van der Waals surface area (Å²) in [5, 5.41) is 9.43. The number of methoxy groups -OCH3 is 1. The molecule has 1 atom stereocenters. The van der Waals surface area contributed by atoms with E-state index >= 15 is 0 Å². The molecule has 1 aliphatic rings. The van der Waals surface area contributed by atoms with Crippen molar-refractivity contribution < 1.29 is 19.4 Å². The SMILES string of the molecule is COC(=O)c1ccc2nc(CO)n(C[C@@H]3CCO3)c2c1. The van der Waals surface area contributed by atoms with Crippen LogP contribution in [0.4, 0.5) is 0 Å². The van der Waals surface area contributed by atoms with Crippen LogP contribution in [-0.2, 0) is 22.6 Å². The van der Waals surface area contributed by atoms with E-state index in [0.717, 1.165) is 24.1 Å². The third kappa shape index (κ3) is 2.17. The predicted molar refractivity (Wildman–Crippen MR) is 71.4 cm³/mol. The average Bonchev–Trinajstić information content (AvgIpc) is 2.78. The zero-order chi connectivity index (χ0) is 14.1. The molecule has 0 unspecified atom stereocenters. The molecule has 2 heterocycles. The Bertz CT molecular complexity index is 646. The van der Waals surface area contributed by atoms with E-state index in [1.54, 1.807) is 18.2 Å². The van der Waals surface area contributed by atoms with E-state index in [9.17, 15) is 9.90 Å². The number of aliphatic hydroxyl groups excluding tert-OH is 1. The highest BCUT2D eigenvalue weighted by atomic mass is 16.5. The number of aromatic nitrogens is 2. The van der Waals surface area contributed by atoms with Crippen LogP contribution in [0.1, 0.15) is 22.6 Å². The molecule has 0 radical (unpaired) electrons. The minimum Gasteiger partial charge on any atom is -0.465 e. The van der Waals surface area contributed by atoms with Crippen LogP contribution in [0.3, 0.4) is 0 Å². The first-order valence-electron chi connectivity index (χ1n) is 6.53. The van der Waals surface area contributed by atoms with Gasteiger partial charge in [-0.1, -0.05) is 0 Å². The summed E-state index contributed by atoms with van der Waals surface area (Å²) < 4.78 is 12.1. The maximum absolute atomic E-state index is 11.6. The molecule has 6 nitrogen and oxygen atoms in total. The number of imidazole rings is 1. The van der Waals surface area contributed by atoms with Crippen molar-refractivity contribution in [3.05, 3.63) is 29.6 Å². The van der Waals surface area contributed by atoms with E-state index in [4.69, 9.17) is 9.47 Å². The van der Waals surface area contributed by atoms with Gasteiger partial charge in [0.25, 0.3) is 0 Å². The third-order valence-corrected chi connectivity index (χ3v) is 3.57. The molecule has 1 fully saturated rings. The number of rotatable bonds is 4. The second-order valence-electron chi connectivity index (χ2n) is 4.77. The van der Waals surface area contributed by atoms with Crippen molar-refractivity contribution in [3.8, 4) is 0 Å². The lowest BCUT2D eigenvalue weighted by Gasteiger charge is -2.27. The van der Waals surface area contributed by atoms with Crippen molar-refractivity contribution in [1.82, 2.24) is 9.55 Å². The highest BCUT2D eigenvalue weighted by molar-refractivity contribution is 5.93. The molecule has 6 heteroatoms. The van der Waals surface area contributed by atoms with Crippen molar-refractivity contribution >= 4 is 17.0 Å². The number of nitrogens with zero attached hydrogens (tertiary/aromatic N) is 2. The number of ether oxygens (including phenoxy) is 2. The number of fused-ring (bicyclic) bond motifs is 1. The number of hydrogen-bond acceptors (Lipinski definition) is 5. The van der Waals surface area contributed by atoms with Crippen molar-refractivity contribution in [2.45, 2.75) is 25.7 Å². The van der Waals surface area contributed by atoms with Crippen LogP contribution in [0.15, 0.2) is 18.2 Å². The van der Waals surface area contributed by atoms with Crippen LogP contribution >= 0.6 is 0 Å². The average molecular weight is 276 g/mol. The summed E-state index contributed by atoms with van der Waals surface area (Å²) in [6, 6.07) is 5.18. The third-order valence-electron chi connectivity index (χ3n) is 3.57. The fourth-order valence-electron chi connectivity index (χ4n) is 2.37. The molecule has 1 N–H and O–H groups in total. The lowest BCUT2D eigenvalue weighted by Crippen LogP contribution is -2.31. The number of carbonyl (C=O) groups is 1. The molecule has 106 valence electrons. The molecule has 3 rings (SSSR count). The molecule has 1 aromatic carbocycles. The Kier molecular flexibility index (Phi) is 3.42. The Morgan fingerprint density at radius 1 is 1.60 bits per heavy atom. The molecule has 1 aromatic heterocycles. The number of carbonyl (C=O) groups excluding carboxylic acids is 1. The van der Waals surface area contributed by atoms with Crippen LogP contribution in [0.25, 0.3) is 11.0 Å². The second kappa shape index (κ2) is 5.22. The highest BCUT2D eigenvalue weighted by Crippen LogP contribution is 2.22. The Balaban J connectivity index is 2.05. The summed E-state index contributed by atoms with van der Waals surface area (Å²) in [7, 11) is 1.35. The van der Waals surface area contributed by atoms with Crippen LogP contribution in [0.5, 0.6) is 0 Å². The quantitative estimate of drug-likeness (QED) is 0.847. The normalized spacial score (nSPS) is 18.0. The van der Waals surface area contributed by atoms with Crippen LogP contribution in [0.2, 0.25) is 0 Å². The van der Waals surface area contributed by atoms with Gasteiger partial charge in [0.1, 0.15) is 12.4 Å². The molecule has 1 aliphatic heterocycles. The standard InChI is InChI=1S/C14H16N2O4/c1-19-14(18)9-2-3-11-12(6-9)16(13(8-17)15-11)7-10-4-5-20-10/h2-3,6,10,17H,4-5,7-8H2,1H3/t10-/m0/s1. The topological polar surface area (TPSA) is 73.6 Å². The monoisotopic (exact) mass is 276 g/mol. The molecule has 0 aliphatic carbocycles. The summed E-state index contributed by atoms with van der Waals surface area (Å²) in [6.07, 6.45) is 1.15. The molecular formula is C14H16N2O4. The Labute approximate surface area is 115 Å². The van der Waals surface area contributed by atoms with Crippen LogP contribution in [0, 0.1) is 0 Å². The minimum atomic E-state index is -0.384. The number of hydrogen-bond donors (Lipinski definition) is 1. The highest BCUT2D eigenvalue weighted by Gasteiger charge is 2.22. The van der Waals surface area contributed by atoms with Crippen LogP contribution < -0.4 is 0 Å². The lowest BCUT2D eigenvalue weighted by atomic mass is 10.1. The maximum Gasteiger partial charge on any atom is 0.337 e. The van der Waals surface area contributed by atoms with Gasteiger partial charge >= 0.3 is 5.97 Å². The molecule has 0 spiro atoms. The Morgan fingerprint density at radius 3 is 3.00 bits per heavy atom. The van der Waals surface area contributed by atoms with Gasteiger partial charge in [0, 0.05) is 6.61 Å². The van der Waals surface area contributed by atoms with Gasteiger partial charge in [0.05, 0.1) is 36.4 Å². The summed E-state index contributed by atoms with van der Waals surface area (Å²) in [4.78, 5) is 16.0. The molecule has 0 bridgehead atoms. The molecule has 0 amide bonds. The van der Waals surface area contributed by atoms with Crippen molar-refractivity contribution in [3.63, 3.8) is 0 Å². The number of benzene rings is 1. The Morgan fingerprint density at radius 2 is 2.40 bits per heavy atom. The first kappa shape index (κ1) is 13.1. The molecule has 2 aromatic rings. The largest absolute Gasteiger partial charge is 0.465 e. The van der Waals surface area contributed by atoms with E-state index in [0.29, 0.717) is 17.9 Å². The summed E-state index contributed by atoms with van der Waals surface area (Å²) in [5.74, 6) is 0.197. The molecule has 20 heavy (non-hydrogen) atoms.